The molecule has 1 heterocycles. The van der Waals surface area contributed by atoms with Crippen molar-refractivity contribution in [3.63, 3.8) is 0 Å². The maximum absolute atomic E-state index is 13.2. The minimum absolute atomic E-state index is 0.0133. The van der Waals surface area contributed by atoms with E-state index in [2.05, 4.69) is 0 Å². The standard InChI is InChI=1S/C19H27N3O2/c1-12(23)17-10-14-6-9-16(21(2)3)11-18(14)22(17)19(24)13-4-7-15(20)8-5-13/h6,9,11,13,15,17H,4-5,7-8,10,20H2,1-3H3/t13-,15-,17?. The van der Waals surface area contributed by atoms with Crippen LogP contribution in [-0.2, 0) is 16.0 Å². The average molecular weight is 329 g/mol. The number of carbonyl (C=O) groups excluding carboxylic acids is 2. The van der Waals surface area contributed by atoms with Gasteiger partial charge in [0.25, 0.3) is 0 Å². The first-order chi connectivity index (χ1) is 11.4. The number of benzene rings is 1. The van der Waals surface area contributed by atoms with Crippen LogP contribution in [0.3, 0.4) is 0 Å². The fourth-order valence-corrected chi connectivity index (χ4v) is 3.86. The van der Waals surface area contributed by atoms with E-state index in [0.29, 0.717) is 6.42 Å². The van der Waals surface area contributed by atoms with Crippen LogP contribution < -0.4 is 15.5 Å². The Labute approximate surface area is 143 Å². The molecular weight excluding hydrogens is 302 g/mol. The molecule has 0 saturated heterocycles. The lowest BCUT2D eigenvalue weighted by molar-refractivity contribution is -0.126. The van der Waals surface area contributed by atoms with Gasteiger partial charge in [-0.2, -0.15) is 0 Å². The zero-order chi connectivity index (χ0) is 17.4. The van der Waals surface area contributed by atoms with Crippen molar-refractivity contribution in [3.05, 3.63) is 23.8 Å². The summed E-state index contributed by atoms with van der Waals surface area (Å²) in [7, 11) is 3.96. The number of nitrogens with two attached hydrogens (primary N) is 1. The van der Waals surface area contributed by atoms with Crippen LogP contribution in [0.2, 0.25) is 0 Å². The molecule has 0 bridgehead atoms. The van der Waals surface area contributed by atoms with E-state index in [4.69, 9.17) is 5.73 Å². The van der Waals surface area contributed by atoms with Crippen LogP contribution in [0.4, 0.5) is 11.4 Å². The Morgan fingerprint density at radius 3 is 2.42 bits per heavy atom. The Balaban J connectivity index is 1.93. The predicted molar refractivity (Wildman–Crippen MR) is 96.4 cm³/mol. The lowest BCUT2D eigenvalue weighted by atomic mass is 9.85. The van der Waals surface area contributed by atoms with Gasteiger partial charge in [-0.25, -0.2) is 0 Å². The lowest BCUT2D eigenvalue weighted by Gasteiger charge is -2.32. The van der Waals surface area contributed by atoms with Crippen molar-refractivity contribution in [3.8, 4) is 0 Å². The first-order valence-corrected chi connectivity index (χ1v) is 8.78. The minimum atomic E-state index is -0.361. The van der Waals surface area contributed by atoms with Crippen LogP contribution in [0.5, 0.6) is 0 Å². The molecule has 1 amide bonds. The van der Waals surface area contributed by atoms with Gasteiger partial charge in [0.1, 0.15) is 0 Å². The number of Topliss-reactive ketones (excluding diaryl/α,β-unsaturated/α-hetero) is 1. The Morgan fingerprint density at radius 1 is 1.17 bits per heavy atom. The molecule has 0 radical (unpaired) electrons. The summed E-state index contributed by atoms with van der Waals surface area (Å²) in [6.45, 7) is 1.58. The van der Waals surface area contributed by atoms with Gasteiger partial charge in [0.15, 0.2) is 5.78 Å². The van der Waals surface area contributed by atoms with Crippen LogP contribution >= 0.6 is 0 Å². The molecule has 24 heavy (non-hydrogen) atoms. The van der Waals surface area contributed by atoms with E-state index in [1.165, 1.54) is 0 Å². The number of nitrogens with zero attached hydrogens (tertiary/aromatic N) is 2. The van der Waals surface area contributed by atoms with Gasteiger partial charge >= 0.3 is 0 Å². The van der Waals surface area contributed by atoms with Gasteiger partial charge in [-0.1, -0.05) is 6.07 Å². The molecule has 1 aromatic carbocycles. The van der Waals surface area contributed by atoms with Gasteiger partial charge in [-0.05, 0) is 50.3 Å². The predicted octanol–water partition coefficient (Wildman–Crippen LogP) is 2.12. The molecule has 1 aromatic rings. The van der Waals surface area contributed by atoms with Crippen LogP contribution in [0, 0.1) is 5.92 Å². The second kappa shape index (κ2) is 6.55. The summed E-state index contributed by atoms with van der Waals surface area (Å²) in [5.74, 6) is 0.135. The van der Waals surface area contributed by atoms with Gasteiger partial charge in [-0.3, -0.25) is 9.59 Å². The van der Waals surface area contributed by atoms with Crippen LogP contribution in [0.25, 0.3) is 0 Å². The zero-order valence-electron chi connectivity index (χ0n) is 14.8. The Bertz CT molecular complexity index is 648. The van der Waals surface area contributed by atoms with E-state index in [1.54, 1.807) is 11.8 Å². The first-order valence-electron chi connectivity index (χ1n) is 8.78. The van der Waals surface area contributed by atoms with Gasteiger partial charge in [0.2, 0.25) is 5.91 Å². The fourth-order valence-electron chi connectivity index (χ4n) is 3.86. The highest BCUT2D eigenvalue weighted by Gasteiger charge is 2.40. The van der Waals surface area contributed by atoms with Crippen LogP contribution in [-0.4, -0.2) is 37.9 Å². The highest BCUT2D eigenvalue weighted by molar-refractivity contribution is 6.04. The van der Waals surface area contributed by atoms with Gasteiger partial charge in [-0.15, -0.1) is 0 Å². The molecule has 5 nitrogen and oxygen atoms in total. The van der Waals surface area contributed by atoms with E-state index < -0.39 is 0 Å². The topological polar surface area (TPSA) is 66.6 Å². The average Bonchev–Trinajstić information content (AvgIpc) is 2.93. The number of hydrogen-bond donors (Lipinski definition) is 1. The molecule has 1 saturated carbocycles. The molecule has 130 valence electrons. The molecule has 1 aliphatic carbocycles. The molecular formula is C19H27N3O2. The largest absolute Gasteiger partial charge is 0.378 e. The number of fused-ring (bicyclic) bond motifs is 1. The molecule has 0 aromatic heterocycles. The first kappa shape index (κ1) is 17.0. The molecule has 1 fully saturated rings. The number of anilines is 2. The summed E-state index contributed by atoms with van der Waals surface area (Å²) in [6, 6.07) is 5.98. The number of amides is 1. The third-order valence-corrected chi connectivity index (χ3v) is 5.40. The van der Waals surface area contributed by atoms with Crippen molar-refractivity contribution in [2.75, 3.05) is 23.9 Å². The molecule has 2 N–H and O–H groups in total. The van der Waals surface area contributed by atoms with Crippen molar-refractivity contribution < 1.29 is 9.59 Å². The quantitative estimate of drug-likeness (QED) is 0.922. The summed E-state index contributed by atoms with van der Waals surface area (Å²) in [5.41, 5.74) is 9.00. The zero-order valence-corrected chi connectivity index (χ0v) is 14.8. The van der Waals surface area contributed by atoms with Gasteiger partial charge < -0.3 is 15.5 Å². The fraction of sp³-hybridized carbons (Fsp3) is 0.579. The molecule has 1 atom stereocenters. The maximum Gasteiger partial charge on any atom is 0.230 e. The van der Waals surface area contributed by atoms with Crippen molar-refractivity contribution in [1.29, 1.82) is 0 Å². The Kier molecular flexibility index (Phi) is 4.63. The number of ketones is 1. The van der Waals surface area contributed by atoms with E-state index in [1.807, 2.05) is 37.2 Å². The summed E-state index contributed by atoms with van der Waals surface area (Å²) in [6.07, 6.45) is 4.04. The Hall–Kier alpha value is -1.88. The third kappa shape index (κ3) is 3.05. The van der Waals surface area contributed by atoms with Crippen molar-refractivity contribution >= 4 is 23.1 Å². The SMILES string of the molecule is CC(=O)C1Cc2ccc(N(C)C)cc2N1C(=O)[C@H]1CC[C@H](N)CC1. The van der Waals surface area contributed by atoms with Gasteiger partial charge in [0.05, 0.1) is 6.04 Å². The lowest BCUT2D eigenvalue weighted by Crippen LogP contribution is -2.46. The van der Waals surface area contributed by atoms with Crippen molar-refractivity contribution in [1.82, 2.24) is 0 Å². The molecule has 1 unspecified atom stereocenters. The second-order valence-corrected chi connectivity index (χ2v) is 7.36. The number of hydrogen-bond acceptors (Lipinski definition) is 4. The maximum atomic E-state index is 13.2. The molecule has 3 rings (SSSR count). The van der Waals surface area contributed by atoms with E-state index in [-0.39, 0.29) is 29.7 Å². The normalized spacial score (nSPS) is 26.2. The van der Waals surface area contributed by atoms with Crippen molar-refractivity contribution in [2.45, 2.75) is 51.1 Å². The van der Waals surface area contributed by atoms with Crippen molar-refractivity contribution in [2.24, 2.45) is 11.7 Å². The summed E-state index contributed by atoms with van der Waals surface area (Å²) in [5, 5.41) is 0. The summed E-state index contributed by atoms with van der Waals surface area (Å²) >= 11 is 0. The molecule has 0 spiro atoms. The van der Waals surface area contributed by atoms with E-state index in [0.717, 1.165) is 42.6 Å². The second-order valence-electron chi connectivity index (χ2n) is 7.36. The van der Waals surface area contributed by atoms with Crippen LogP contribution in [0.1, 0.15) is 38.2 Å². The highest BCUT2D eigenvalue weighted by Crippen LogP contribution is 2.38. The minimum Gasteiger partial charge on any atom is -0.378 e. The Morgan fingerprint density at radius 2 is 1.83 bits per heavy atom. The summed E-state index contributed by atoms with van der Waals surface area (Å²) < 4.78 is 0. The van der Waals surface area contributed by atoms with Crippen LogP contribution in [0.15, 0.2) is 18.2 Å². The molecule has 5 heteroatoms. The monoisotopic (exact) mass is 329 g/mol. The highest BCUT2D eigenvalue weighted by atomic mass is 16.2. The molecule has 1 aliphatic heterocycles. The van der Waals surface area contributed by atoms with Gasteiger partial charge in [0, 0.05) is 43.9 Å². The number of rotatable bonds is 3. The number of carbonyl (C=O) groups is 2. The summed E-state index contributed by atoms with van der Waals surface area (Å²) in [4.78, 5) is 29.1. The van der Waals surface area contributed by atoms with E-state index >= 15 is 0 Å². The van der Waals surface area contributed by atoms with E-state index in [9.17, 15) is 9.59 Å². The smallest absolute Gasteiger partial charge is 0.230 e. The molecule has 2 aliphatic rings. The third-order valence-electron chi connectivity index (χ3n) is 5.40.